The molecule has 0 aliphatic heterocycles. The number of aromatic nitrogens is 1. The molecule has 0 N–H and O–H groups in total. The molecule has 1 heterocycles. The number of pyridine rings is 1. The Kier molecular flexibility index (Phi) is 8.33. The predicted octanol–water partition coefficient (Wildman–Crippen LogP) is 6.11. The van der Waals surface area contributed by atoms with Gasteiger partial charge in [-0.05, 0) is 54.7 Å². The lowest BCUT2D eigenvalue weighted by Crippen LogP contribution is -2.13. The number of halogens is 4. The smallest absolute Gasteiger partial charge is 0.299 e. The van der Waals surface area contributed by atoms with Crippen LogP contribution in [0.3, 0.4) is 0 Å². The Labute approximate surface area is 208 Å². The number of aryl methyl sites for hydroxylation is 3. The maximum atomic E-state index is 14.5. The number of hydrogen-bond acceptors (Lipinski definition) is 4. The fraction of sp³-hybridized carbons (Fsp3) is 0.333. The molecule has 0 fully saturated rings. The number of nitrogens with zero attached hydrogens (tertiary/aromatic N) is 1. The number of rotatable bonds is 9. The number of hydrogen-bond donors (Lipinski definition) is 0. The molecule has 0 radical (unpaired) electrons. The highest BCUT2D eigenvalue weighted by atomic mass is 32.2. The number of carbonyl (C=O) groups excluding carboxylic acids is 1. The van der Waals surface area contributed by atoms with Crippen molar-refractivity contribution < 1.29 is 30.8 Å². The summed E-state index contributed by atoms with van der Waals surface area (Å²) in [5.41, 5.74) is 1.78. The van der Waals surface area contributed by atoms with Crippen molar-refractivity contribution in [1.82, 2.24) is 4.98 Å². The van der Waals surface area contributed by atoms with Gasteiger partial charge < -0.3 is 0 Å². The zero-order valence-electron chi connectivity index (χ0n) is 20.2. The van der Waals surface area contributed by atoms with Crippen LogP contribution in [-0.2, 0) is 33.6 Å². The Hall–Kier alpha value is -3.07. The molecule has 1 atom stereocenters. The lowest BCUT2D eigenvalue weighted by atomic mass is 9.91. The van der Waals surface area contributed by atoms with Crippen molar-refractivity contribution in [2.75, 3.05) is 12.0 Å². The van der Waals surface area contributed by atoms with E-state index in [0.29, 0.717) is 16.7 Å². The van der Waals surface area contributed by atoms with Crippen LogP contribution >= 0.6 is 0 Å². The molecule has 2 aromatic carbocycles. The monoisotopic (exact) mass is 521 g/mol. The standard InChI is InChI=1S/C27H27F4NO3S/c1-17-5-4-6-22(15-17)26-20(10-12-25(32-26)27(29,30)31)9-11-24(33)18(2)21-8-7-19(23(28)16-21)13-14-36(3,34)35/h4-8,10,12,15-16,18H,9,11,13-14H2,1-3H3. The van der Waals surface area contributed by atoms with Crippen LogP contribution in [0.2, 0.25) is 0 Å². The van der Waals surface area contributed by atoms with E-state index in [0.717, 1.165) is 17.9 Å². The van der Waals surface area contributed by atoms with Crippen LogP contribution in [0.1, 0.15) is 47.2 Å². The van der Waals surface area contributed by atoms with E-state index in [4.69, 9.17) is 0 Å². The number of alkyl halides is 3. The van der Waals surface area contributed by atoms with Crippen LogP contribution in [0.4, 0.5) is 17.6 Å². The van der Waals surface area contributed by atoms with E-state index in [9.17, 15) is 30.8 Å². The van der Waals surface area contributed by atoms with E-state index in [1.807, 2.05) is 13.0 Å². The van der Waals surface area contributed by atoms with E-state index < -0.39 is 33.4 Å². The molecule has 3 rings (SSSR count). The Morgan fingerprint density at radius 1 is 1.00 bits per heavy atom. The van der Waals surface area contributed by atoms with Crippen LogP contribution in [0, 0.1) is 12.7 Å². The second kappa shape index (κ2) is 10.9. The summed E-state index contributed by atoms with van der Waals surface area (Å²) in [6.07, 6.45) is -3.28. The fourth-order valence-corrected chi connectivity index (χ4v) is 4.47. The molecule has 0 spiro atoms. The van der Waals surface area contributed by atoms with Crippen LogP contribution < -0.4 is 0 Å². The topological polar surface area (TPSA) is 64.1 Å². The molecule has 3 aromatic rings. The van der Waals surface area contributed by atoms with Gasteiger partial charge in [0, 0.05) is 24.2 Å². The summed E-state index contributed by atoms with van der Waals surface area (Å²) in [6, 6.07) is 13.6. The molecule has 1 unspecified atom stereocenters. The molecule has 0 saturated heterocycles. The summed E-state index contributed by atoms with van der Waals surface area (Å²) in [5.74, 6) is -1.60. The van der Waals surface area contributed by atoms with Gasteiger partial charge in [-0.3, -0.25) is 4.79 Å². The van der Waals surface area contributed by atoms with Gasteiger partial charge in [0.25, 0.3) is 0 Å². The third kappa shape index (κ3) is 7.22. The highest BCUT2D eigenvalue weighted by Crippen LogP contribution is 2.32. The van der Waals surface area contributed by atoms with Gasteiger partial charge in [-0.15, -0.1) is 0 Å². The molecule has 192 valence electrons. The predicted molar refractivity (Wildman–Crippen MR) is 131 cm³/mol. The summed E-state index contributed by atoms with van der Waals surface area (Å²) < 4.78 is 77.1. The van der Waals surface area contributed by atoms with E-state index in [1.54, 1.807) is 31.2 Å². The molecule has 36 heavy (non-hydrogen) atoms. The molecule has 0 aliphatic rings. The van der Waals surface area contributed by atoms with Crippen LogP contribution in [0.25, 0.3) is 11.3 Å². The number of benzene rings is 2. The lowest BCUT2D eigenvalue weighted by molar-refractivity contribution is -0.141. The average molecular weight is 522 g/mol. The molecular weight excluding hydrogens is 494 g/mol. The van der Waals surface area contributed by atoms with E-state index in [2.05, 4.69) is 4.98 Å². The molecule has 4 nitrogen and oxygen atoms in total. The highest BCUT2D eigenvalue weighted by Gasteiger charge is 2.33. The number of sulfone groups is 1. The fourth-order valence-electron chi connectivity index (χ4n) is 3.88. The Morgan fingerprint density at radius 2 is 1.69 bits per heavy atom. The summed E-state index contributed by atoms with van der Waals surface area (Å²) in [5, 5.41) is 0. The molecular formula is C27H27F4NO3S. The Bertz CT molecular complexity index is 1370. The molecule has 9 heteroatoms. The quantitative estimate of drug-likeness (QED) is 0.319. The van der Waals surface area contributed by atoms with E-state index >= 15 is 0 Å². The first-order valence-electron chi connectivity index (χ1n) is 11.4. The maximum absolute atomic E-state index is 14.5. The first-order valence-corrected chi connectivity index (χ1v) is 13.4. The molecule has 0 saturated carbocycles. The van der Waals surface area contributed by atoms with Crippen molar-refractivity contribution in [3.05, 3.63) is 88.4 Å². The summed E-state index contributed by atoms with van der Waals surface area (Å²) in [6.45, 7) is 3.47. The summed E-state index contributed by atoms with van der Waals surface area (Å²) in [7, 11) is -3.24. The first-order chi connectivity index (χ1) is 16.7. The van der Waals surface area contributed by atoms with Gasteiger partial charge in [-0.25, -0.2) is 17.8 Å². The zero-order valence-corrected chi connectivity index (χ0v) is 21.0. The largest absolute Gasteiger partial charge is 0.433 e. The molecule has 1 aromatic heterocycles. The van der Waals surface area contributed by atoms with Crippen LogP contribution in [0.5, 0.6) is 0 Å². The Morgan fingerprint density at radius 3 is 2.31 bits per heavy atom. The van der Waals surface area contributed by atoms with Gasteiger partial charge in [-0.1, -0.05) is 48.9 Å². The third-order valence-electron chi connectivity index (χ3n) is 6.00. The van der Waals surface area contributed by atoms with Gasteiger partial charge in [0.2, 0.25) is 0 Å². The minimum Gasteiger partial charge on any atom is -0.299 e. The molecule has 0 bridgehead atoms. The van der Waals surface area contributed by atoms with Gasteiger partial charge in [-0.2, -0.15) is 13.2 Å². The van der Waals surface area contributed by atoms with Crippen molar-refractivity contribution in [2.24, 2.45) is 0 Å². The van der Waals surface area contributed by atoms with Crippen molar-refractivity contribution in [3.63, 3.8) is 0 Å². The van der Waals surface area contributed by atoms with Gasteiger partial charge in [0.15, 0.2) is 0 Å². The minimum atomic E-state index is -4.60. The number of Topliss-reactive ketones (excluding diaryl/α,β-unsaturated/α-hetero) is 1. The molecule has 0 amide bonds. The van der Waals surface area contributed by atoms with Crippen molar-refractivity contribution in [1.29, 1.82) is 0 Å². The summed E-state index contributed by atoms with van der Waals surface area (Å²) in [4.78, 5) is 16.8. The number of ketones is 1. The lowest BCUT2D eigenvalue weighted by Gasteiger charge is -2.15. The summed E-state index contributed by atoms with van der Waals surface area (Å²) >= 11 is 0. The van der Waals surface area contributed by atoms with E-state index in [-0.39, 0.29) is 42.1 Å². The minimum absolute atomic E-state index is 0.0322. The van der Waals surface area contributed by atoms with Crippen molar-refractivity contribution >= 4 is 15.6 Å². The van der Waals surface area contributed by atoms with Crippen LogP contribution in [-0.4, -0.2) is 31.2 Å². The van der Waals surface area contributed by atoms with E-state index in [1.165, 1.54) is 18.2 Å². The highest BCUT2D eigenvalue weighted by molar-refractivity contribution is 7.90. The molecule has 0 aliphatic carbocycles. The first kappa shape index (κ1) is 27.5. The average Bonchev–Trinajstić information content (AvgIpc) is 2.80. The van der Waals surface area contributed by atoms with Gasteiger partial charge in [0.1, 0.15) is 27.1 Å². The Balaban J connectivity index is 1.78. The normalized spacial score (nSPS) is 13.0. The second-order valence-corrected chi connectivity index (χ2v) is 11.2. The number of carbonyl (C=O) groups is 1. The van der Waals surface area contributed by atoms with Gasteiger partial charge in [0.05, 0.1) is 11.4 Å². The van der Waals surface area contributed by atoms with Gasteiger partial charge >= 0.3 is 6.18 Å². The maximum Gasteiger partial charge on any atom is 0.433 e. The second-order valence-electron chi connectivity index (χ2n) is 8.99. The van der Waals surface area contributed by atoms with Crippen molar-refractivity contribution in [3.8, 4) is 11.3 Å². The SMILES string of the molecule is Cc1cccc(-c2nc(C(F)(F)F)ccc2CCC(=O)C(C)c2ccc(CCS(C)(=O)=O)c(F)c2)c1. The van der Waals surface area contributed by atoms with Crippen molar-refractivity contribution in [2.45, 2.75) is 45.2 Å². The third-order valence-corrected chi connectivity index (χ3v) is 6.95. The zero-order chi connectivity index (χ0) is 26.7. The van der Waals surface area contributed by atoms with Crippen LogP contribution in [0.15, 0.2) is 54.6 Å².